The summed E-state index contributed by atoms with van der Waals surface area (Å²) < 4.78 is 12.7. The topological polar surface area (TPSA) is 220 Å². The lowest BCUT2D eigenvalue weighted by Gasteiger charge is -2.61. The molecule has 7 saturated carbocycles. The molecule has 0 aromatic rings. The molecule has 0 spiro atoms. The van der Waals surface area contributed by atoms with Gasteiger partial charge in [0.25, 0.3) is 0 Å². The summed E-state index contributed by atoms with van der Waals surface area (Å²) >= 11 is 2.99. The third kappa shape index (κ3) is 10.9. The van der Waals surface area contributed by atoms with Gasteiger partial charge in [-0.1, -0.05) is 81.4 Å². The van der Waals surface area contributed by atoms with Crippen LogP contribution in [-0.4, -0.2) is 127 Å². The Bertz CT molecular complexity index is 2150. The molecule has 0 unspecified atom stereocenters. The van der Waals surface area contributed by atoms with E-state index in [1.165, 1.54) is 11.8 Å². The van der Waals surface area contributed by atoms with Gasteiger partial charge < -0.3 is 41.2 Å². The standard InChI is InChI=1S/C32H52N2O5S.C28H45NO5S/c1-8-30(6)16-24(31(7)20(4)11-13-32(21(5)28(30)37)14-12-23(35)27(31)32)39-25(36)18-40-22-10-9-15-34(17-22)29(38)26(33)19(2)3;1-6-26(4)14-22(34-23(32)15-35-21-8-7-18(29)13-20(21)31)27(5)16(2)9-11-28(17(3)25(26)33)12-10-19(30)24(27)28/h8,19-22,24,26-28,37H,1,9-18,33H2,2-7H3;6,16-18,20-22,24-25,31,33H,1,7-15,29H2,2-5H3/t20-,21+,22+,24-,26-,27+,28+,30-,31+,32+;16-,17+,18-,20-,21-,22-,24+,25+,26-,27+,28+/m11/s1. The van der Waals surface area contributed by atoms with E-state index in [0.717, 1.165) is 64.2 Å². The molecule has 8 fully saturated rings. The second-order valence-corrected chi connectivity index (χ2v) is 29.3. The molecule has 7 aliphatic carbocycles. The zero-order valence-electron chi connectivity index (χ0n) is 47.4. The van der Waals surface area contributed by atoms with Crippen LogP contribution in [0.5, 0.6) is 0 Å². The van der Waals surface area contributed by atoms with Gasteiger partial charge in [-0.3, -0.25) is 24.0 Å². The van der Waals surface area contributed by atoms with Gasteiger partial charge in [0.2, 0.25) is 5.91 Å². The molecule has 1 aliphatic heterocycles. The lowest BCUT2D eigenvalue weighted by atomic mass is 9.44. The van der Waals surface area contributed by atoms with Crippen LogP contribution in [0.1, 0.15) is 166 Å². The van der Waals surface area contributed by atoms with Crippen LogP contribution in [0.4, 0.5) is 0 Å². The Hall–Kier alpha value is -2.27. The SMILES string of the molecule is C=C[C@]1(C)C[C@@H](OC(=O)CS[C@@H]2CC[C@@H](N)C[C@H]2O)[C@]2(C)[C@H](C)CC[C@]3(CCC(=O)[C@H]32)[C@@H](C)[C@@H]1O.C=C[C@]1(C)C[C@@H](OC(=O)CS[C@H]2CCCN(C(=O)[C@H](N)C(C)C)C2)[C@]2(C)[C@H](C)CC[C@]3(CCC(=O)[C@H]32)[C@@H](C)[C@@H]1O. The van der Waals surface area contributed by atoms with Crippen molar-refractivity contribution in [3.05, 3.63) is 25.3 Å². The van der Waals surface area contributed by atoms with E-state index in [9.17, 15) is 39.3 Å². The van der Waals surface area contributed by atoms with E-state index >= 15 is 0 Å². The molecule has 1 heterocycles. The highest BCUT2D eigenvalue weighted by molar-refractivity contribution is 8.00. The molecule has 7 N–H and O–H groups in total. The number of Topliss-reactive ketones (excluding diaryl/α,β-unsaturated/α-hetero) is 2. The van der Waals surface area contributed by atoms with E-state index in [1.54, 1.807) is 11.8 Å². The number of piperidine rings is 1. The zero-order valence-corrected chi connectivity index (χ0v) is 49.0. The Morgan fingerprint density at radius 2 is 1.20 bits per heavy atom. The number of esters is 2. The quantitative estimate of drug-likeness (QED) is 0.0915. The summed E-state index contributed by atoms with van der Waals surface area (Å²) in [5.41, 5.74) is 9.26. The summed E-state index contributed by atoms with van der Waals surface area (Å²) in [6.45, 7) is 30.3. The summed E-state index contributed by atoms with van der Waals surface area (Å²) in [4.78, 5) is 68.4. The van der Waals surface area contributed by atoms with Crippen LogP contribution in [0.2, 0.25) is 0 Å². The van der Waals surface area contributed by atoms with Crippen molar-refractivity contribution in [1.29, 1.82) is 0 Å². The number of carbonyl (C=O) groups is 5. The molecule has 8 rings (SSSR count). The summed E-state index contributed by atoms with van der Waals surface area (Å²) in [5, 5.41) is 33.8. The molecule has 8 aliphatic rings. The van der Waals surface area contributed by atoms with Gasteiger partial charge in [0.15, 0.2) is 0 Å². The number of amides is 1. The molecule has 424 valence electrons. The minimum atomic E-state index is -0.671. The Morgan fingerprint density at radius 3 is 1.64 bits per heavy atom. The molecule has 1 saturated heterocycles. The summed E-state index contributed by atoms with van der Waals surface area (Å²) in [7, 11) is 0. The van der Waals surface area contributed by atoms with Gasteiger partial charge in [0, 0.05) is 76.0 Å². The number of nitrogens with two attached hydrogens (primary N) is 2. The number of aliphatic hydroxyl groups is 3. The number of likely N-dealkylation sites (tertiary alicyclic amines) is 1. The maximum absolute atomic E-state index is 13.6. The zero-order chi connectivity index (χ0) is 55.4. The van der Waals surface area contributed by atoms with Crippen LogP contribution in [0.3, 0.4) is 0 Å². The average Bonchev–Trinajstić information content (AvgIpc) is 3.94. The van der Waals surface area contributed by atoms with Crippen LogP contribution in [-0.2, 0) is 33.4 Å². The fourth-order valence-corrected chi connectivity index (χ4v) is 19.0. The van der Waals surface area contributed by atoms with Crippen LogP contribution in [0, 0.1) is 73.9 Å². The van der Waals surface area contributed by atoms with Crippen molar-refractivity contribution in [1.82, 2.24) is 4.90 Å². The number of hydrogen-bond donors (Lipinski definition) is 5. The smallest absolute Gasteiger partial charge is 0.316 e. The first kappa shape index (κ1) is 60.4. The summed E-state index contributed by atoms with van der Waals surface area (Å²) in [6, 6.07) is -0.486. The fourth-order valence-electron chi connectivity index (χ4n) is 16.9. The summed E-state index contributed by atoms with van der Waals surface area (Å²) in [6.07, 6.45) is 12.1. The van der Waals surface area contributed by atoms with Crippen LogP contribution in [0.15, 0.2) is 25.3 Å². The fraction of sp³-hybridized carbons (Fsp3) is 0.850. The van der Waals surface area contributed by atoms with E-state index in [2.05, 4.69) is 54.7 Å². The largest absolute Gasteiger partial charge is 0.461 e. The second-order valence-electron chi connectivity index (χ2n) is 26.7. The number of rotatable bonds is 12. The third-order valence-electron chi connectivity index (χ3n) is 22.5. The number of ketones is 2. The first-order valence-corrected chi connectivity index (χ1v) is 31.0. The van der Waals surface area contributed by atoms with Gasteiger partial charge in [-0.05, 0) is 124 Å². The van der Waals surface area contributed by atoms with Crippen molar-refractivity contribution in [3.8, 4) is 0 Å². The van der Waals surface area contributed by atoms with Gasteiger partial charge in [0.1, 0.15) is 23.8 Å². The van der Waals surface area contributed by atoms with Gasteiger partial charge in [-0.2, -0.15) is 0 Å². The Kier molecular flexibility index (Phi) is 18.6. The van der Waals surface area contributed by atoms with E-state index in [0.29, 0.717) is 45.2 Å². The highest BCUT2D eigenvalue weighted by Crippen LogP contribution is 2.70. The average molecular weight is 1080 g/mol. The molecule has 4 bridgehead atoms. The van der Waals surface area contributed by atoms with Crippen molar-refractivity contribution in [2.45, 2.75) is 219 Å². The minimum Gasteiger partial charge on any atom is -0.461 e. The molecule has 1 amide bonds. The molecule has 0 aromatic heterocycles. The van der Waals surface area contributed by atoms with E-state index in [4.69, 9.17) is 20.9 Å². The predicted octanol–water partition coefficient (Wildman–Crippen LogP) is 8.47. The third-order valence-corrected chi connectivity index (χ3v) is 25.1. The first-order chi connectivity index (χ1) is 35.1. The molecule has 21 atom stereocenters. The van der Waals surface area contributed by atoms with Crippen LogP contribution >= 0.6 is 23.5 Å². The minimum absolute atomic E-state index is 0.0159. The van der Waals surface area contributed by atoms with E-state index in [1.807, 2.05) is 44.7 Å². The normalized spacial score (nSPS) is 46.1. The van der Waals surface area contributed by atoms with Gasteiger partial charge in [-0.15, -0.1) is 36.7 Å². The highest BCUT2D eigenvalue weighted by Gasteiger charge is 2.70. The maximum atomic E-state index is 13.6. The number of ether oxygens (including phenoxy) is 2. The molecular weight excluding hydrogens is 987 g/mol. The lowest BCUT2D eigenvalue weighted by molar-refractivity contribution is -0.205. The van der Waals surface area contributed by atoms with Gasteiger partial charge >= 0.3 is 11.9 Å². The van der Waals surface area contributed by atoms with Gasteiger partial charge in [0.05, 0.1) is 35.9 Å². The highest BCUT2D eigenvalue weighted by atomic mass is 32.2. The van der Waals surface area contributed by atoms with Crippen molar-refractivity contribution in [2.75, 3.05) is 24.6 Å². The van der Waals surface area contributed by atoms with Crippen molar-refractivity contribution in [3.63, 3.8) is 0 Å². The Labute approximate surface area is 458 Å². The molecule has 75 heavy (non-hydrogen) atoms. The number of hydrogen-bond acceptors (Lipinski definition) is 14. The first-order valence-electron chi connectivity index (χ1n) is 28.9. The van der Waals surface area contributed by atoms with Crippen LogP contribution in [0.25, 0.3) is 0 Å². The Morgan fingerprint density at radius 1 is 0.733 bits per heavy atom. The van der Waals surface area contributed by atoms with Crippen molar-refractivity contribution < 1.29 is 48.8 Å². The summed E-state index contributed by atoms with van der Waals surface area (Å²) in [5.74, 6) is 0.220. The Balaban J connectivity index is 0.000000221. The molecule has 13 nitrogen and oxygen atoms in total. The number of nitrogens with zero attached hydrogens (tertiary/aromatic N) is 1. The predicted molar refractivity (Wildman–Crippen MR) is 298 cm³/mol. The van der Waals surface area contributed by atoms with E-state index < -0.39 is 58.2 Å². The van der Waals surface area contributed by atoms with E-state index in [-0.39, 0.29) is 110 Å². The van der Waals surface area contributed by atoms with Crippen LogP contribution < -0.4 is 11.5 Å². The molecule has 0 aromatic carbocycles. The monoisotopic (exact) mass is 1080 g/mol. The van der Waals surface area contributed by atoms with Crippen molar-refractivity contribution >= 4 is 52.9 Å². The molecule has 15 heteroatoms. The number of carbonyl (C=O) groups excluding carboxylic acids is 5. The maximum Gasteiger partial charge on any atom is 0.316 e. The number of thioether (sulfide) groups is 2. The lowest BCUT2D eigenvalue weighted by Crippen LogP contribution is -2.63. The van der Waals surface area contributed by atoms with Crippen molar-refractivity contribution in [2.24, 2.45) is 85.4 Å². The van der Waals surface area contributed by atoms with Gasteiger partial charge in [-0.25, -0.2) is 0 Å². The number of aliphatic hydroxyl groups excluding tert-OH is 3. The molecular formula is C60H97N3O10S2. The molecule has 0 radical (unpaired) electrons. The second kappa shape index (κ2) is 23.1.